The Morgan fingerprint density at radius 3 is 2.67 bits per heavy atom. The molecular formula is C22H27N3O2. The summed E-state index contributed by atoms with van der Waals surface area (Å²) in [6.45, 7) is 7.69. The highest BCUT2D eigenvalue weighted by Gasteiger charge is 2.22. The van der Waals surface area contributed by atoms with Crippen molar-refractivity contribution in [1.29, 1.82) is 0 Å². The van der Waals surface area contributed by atoms with Gasteiger partial charge in [0, 0.05) is 37.9 Å². The minimum atomic E-state index is 0.230. The van der Waals surface area contributed by atoms with Crippen LogP contribution in [0.3, 0.4) is 0 Å². The molecule has 2 atom stereocenters. The monoisotopic (exact) mass is 365 g/mol. The highest BCUT2D eigenvalue weighted by atomic mass is 16.5. The third-order valence-electron chi connectivity index (χ3n) is 4.48. The molecule has 2 heterocycles. The van der Waals surface area contributed by atoms with Crippen LogP contribution in [0.4, 0.5) is 5.82 Å². The number of benzene rings is 1. The molecule has 142 valence electrons. The summed E-state index contributed by atoms with van der Waals surface area (Å²) in [5.41, 5.74) is 2.24. The van der Waals surface area contributed by atoms with Crippen molar-refractivity contribution in [2.45, 2.75) is 39.1 Å². The molecule has 0 bridgehead atoms. The smallest absolute Gasteiger partial charge is 0.148 e. The van der Waals surface area contributed by atoms with E-state index in [9.17, 15) is 0 Å². The first kappa shape index (κ1) is 19.2. The zero-order valence-corrected chi connectivity index (χ0v) is 16.0. The van der Waals surface area contributed by atoms with E-state index in [0.29, 0.717) is 6.54 Å². The van der Waals surface area contributed by atoms with Gasteiger partial charge in [0.25, 0.3) is 0 Å². The molecule has 1 aliphatic heterocycles. The molecular weight excluding hydrogens is 338 g/mol. The van der Waals surface area contributed by atoms with Crippen LogP contribution in [0, 0.1) is 12.3 Å². The van der Waals surface area contributed by atoms with Crippen LogP contribution >= 0.6 is 0 Å². The molecule has 1 aliphatic rings. The number of anilines is 1. The summed E-state index contributed by atoms with van der Waals surface area (Å²) >= 11 is 0. The third-order valence-corrected chi connectivity index (χ3v) is 4.48. The predicted molar refractivity (Wildman–Crippen MR) is 108 cm³/mol. The van der Waals surface area contributed by atoms with Crippen molar-refractivity contribution < 1.29 is 9.47 Å². The SMILES string of the molecule is C#CCOc1ccccc1CNCc1ccc(N2CC(C)OC(C)C2)nc1. The van der Waals surface area contributed by atoms with Gasteiger partial charge in [-0.3, -0.25) is 0 Å². The third kappa shape index (κ3) is 5.46. The fourth-order valence-electron chi connectivity index (χ4n) is 3.32. The van der Waals surface area contributed by atoms with Gasteiger partial charge in [0.1, 0.15) is 18.2 Å². The van der Waals surface area contributed by atoms with Crippen LogP contribution in [0.15, 0.2) is 42.6 Å². The number of pyridine rings is 1. The molecule has 27 heavy (non-hydrogen) atoms. The Labute approximate surface area is 161 Å². The van der Waals surface area contributed by atoms with Gasteiger partial charge in [-0.1, -0.05) is 30.2 Å². The lowest BCUT2D eigenvalue weighted by Gasteiger charge is -2.36. The van der Waals surface area contributed by atoms with Crippen molar-refractivity contribution in [1.82, 2.24) is 10.3 Å². The molecule has 2 aromatic rings. The average molecular weight is 365 g/mol. The van der Waals surface area contributed by atoms with Crippen LogP contribution in [0.1, 0.15) is 25.0 Å². The number of terminal acetylenes is 1. The molecule has 0 radical (unpaired) electrons. The second kappa shape index (κ2) is 9.40. The van der Waals surface area contributed by atoms with Crippen LogP contribution in [-0.4, -0.2) is 36.9 Å². The largest absolute Gasteiger partial charge is 0.481 e. The van der Waals surface area contributed by atoms with Gasteiger partial charge in [-0.25, -0.2) is 4.98 Å². The van der Waals surface area contributed by atoms with Gasteiger partial charge in [0.05, 0.1) is 12.2 Å². The summed E-state index contributed by atoms with van der Waals surface area (Å²) in [6.07, 6.45) is 7.67. The van der Waals surface area contributed by atoms with Gasteiger partial charge >= 0.3 is 0 Å². The molecule has 1 N–H and O–H groups in total. The number of nitrogens with one attached hydrogen (secondary N) is 1. The minimum absolute atomic E-state index is 0.230. The molecule has 3 rings (SSSR count). The first-order valence-electron chi connectivity index (χ1n) is 9.36. The quantitative estimate of drug-likeness (QED) is 0.765. The molecule has 5 heteroatoms. The topological polar surface area (TPSA) is 46.6 Å². The molecule has 0 spiro atoms. The first-order valence-corrected chi connectivity index (χ1v) is 9.36. The van der Waals surface area contributed by atoms with E-state index in [2.05, 4.69) is 47.1 Å². The number of rotatable bonds is 7. The lowest BCUT2D eigenvalue weighted by molar-refractivity contribution is -0.00545. The Morgan fingerprint density at radius 1 is 1.19 bits per heavy atom. The normalized spacial score (nSPS) is 19.5. The highest BCUT2D eigenvalue weighted by Crippen LogP contribution is 2.19. The van der Waals surface area contributed by atoms with E-state index >= 15 is 0 Å². The predicted octanol–water partition coefficient (Wildman–Crippen LogP) is 3.00. The molecule has 0 amide bonds. The number of aromatic nitrogens is 1. The maximum atomic E-state index is 5.79. The number of nitrogens with zero attached hydrogens (tertiary/aromatic N) is 2. The zero-order chi connectivity index (χ0) is 19.1. The summed E-state index contributed by atoms with van der Waals surface area (Å²) in [4.78, 5) is 6.93. The van der Waals surface area contributed by atoms with Crippen LogP contribution in [0.25, 0.3) is 0 Å². The number of hydrogen-bond acceptors (Lipinski definition) is 5. The number of ether oxygens (including phenoxy) is 2. The van der Waals surface area contributed by atoms with E-state index in [4.69, 9.17) is 15.9 Å². The number of hydrogen-bond donors (Lipinski definition) is 1. The fraction of sp³-hybridized carbons (Fsp3) is 0.409. The van der Waals surface area contributed by atoms with Crippen LogP contribution < -0.4 is 15.0 Å². The lowest BCUT2D eigenvalue weighted by Crippen LogP contribution is -2.45. The van der Waals surface area contributed by atoms with Gasteiger partial charge < -0.3 is 19.7 Å². The molecule has 0 saturated carbocycles. The van der Waals surface area contributed by atoms with Gasteiger partial charge in [0.15, 0.2) is 0 Å². The van der Waals surface area contributed by atoms with Gasteiger partial charge in [-0.2, -0.15) is 0 Å². The summed E-state index contributed by atoms with van der Waals surface area (Å²) in [7, 11) is 0. The summed E-state index contributed by atoms with van der Waals surface area (Å²) < 4.78 is 11.4. The summed E-state index contributed by atoms with van der Waals surface area (Å²) in [5.74, 6) is 4.33. The average Bonchev–Trinajstić information content (AvgIpc) is 2.67. The second-order valence-electron chi connectivity index (χ2n) is 6.89. The van der Waals surface area contributed by atoms with E-state index in [1.54, 1.807) is 0 Å². The van der Waals surface area contributed by atoms with E-state index in [0.717, 1.165) is 42.3 Å². The standard InChI is InChI=1S/C22H27N3O2/c1-4-11-26-21-8-6-5-7-20(21)14-23-12-19-9-10-22(24-13-19)25-15-17(2)27-18(3)16-25/h1,5-10,13,17-18,23H,11-12,14-16H2,2-3H3. The molecule has 1 fully saturated rings. The molecule has 0 aliphatic carbocycles. The maximum absolute atomic E-state index is 5.79. The molecule has 5 nitrogen and oxygen atoms in total. The van der Waals surface area contributed by atoms with Gasteiger partial charge in [0.2, 0.25) is 0 Å². The summed E-state index contributed by atoms with van der Waals surface area (Å²) in [5, 5.41) is 3.44. The van der Waals surface area contributed by atoms with Gasteiger partial charge in [-0.15, -0.1) is 6.42 Å². The number of para-hydroxylation sites is 1. The molecule has 1 aromatic heterocycles. The van der Waals surface area contributed by atoms with Crippen molar-refractivity contribution >= 4 is 5.82 Å². The Bertz CT molecular complexity index is 760. The maximum Gasteiger partial charge on any atom is 0.148 e. The zero-order valence-electron chi connectivity index (χ0n) is 16.0. The Balaban J connectivity index is 1.53. The van der Waals surface area contributed by atoms with E-state index in [-0.39, 0.29) is 18.8 Å². The molecule has 1 aromatic carbocycles. The van der Waals surface area contributed by atoms with Crippen LogP contribution in [0.5, 0.6) is 5.75 Å². The Kier molecular flexibility index (Phi) is 6.69. The van der Waals surface area contributed by atoms with Gasteiger partial charge in [-0.05, 0) is 31.5 Å². The molecule has 1 saturated heterocycles. The van der Waals surface area contributed by atoms with Crippen molar-refractivity contribution in [3.05, 3.63) is 53.7 Å². The fourth-order valence-corrected chi connectivity index (χ4v) is 3.32. The van der Waals surface area contributed by atoms with E-state index < -0.39 is 0 Å². The second-order valence-corrected chi connectivity index (χ2v) is 6.89. The minimum Gasteiger partial charge on any atom is -0.481 e. The van der Waals surface area contributed by atoms with E-state index in [1.165, 1.54) is 0 Å². The first-order chi connectivity index (χ1) is 13.2. The molecule has 2 unspecified atom stereocenters. The van der Waals surface area contributed by atoms with Crippen molar-refractivity contribution in [2.24, 2.45) is 0 Å². The van der Waals surface area contributed by atoms with Crippen LogP contribution in [0.2, 0.25) is 0 Å². The summed E-state index contributed by atoms with van der Waals surface area (Å²) in [6, 6.07) is 12.1. The van der Waals surface area contributed by atoms with Crippen LogP contribution in [-0.2, 0) is 17.8 Å². The van der Waals surface area contributed by atoms with Crippen molar-refractivity contribution in [2.75, 3.05) is 24.6 Å². The van der Waals surface area contributed by atoms with E-state index in [1.807, 2.05) is 30.5 Å². The Morgan fingerprint density at radius 2 is 1.96 bits per heavy atom. The number of morpholine rings is 1. The highest BCUT2D eigenvalue weighted by molar-refractivity contribution is 5.40. The van der Waals surface area contributed by atoms with Crippen molar-refractivity contribution in [3.63, 3.8) is 0 Å². The Hall–Kier alpha value is -2.55. The lowest BCUT2D eigenvalue weighted by atomic mass is 10.2. The van der Waals surface area contributed by atoms with Crippen molar-refractivity contribution in [3.8, 4) is 18.1 Å².